The number of nitrogens with zero attached hydrogens (tertiary/aromatic N) is 1. The number of para-hydroxylation sites is 1. The fourth-order valence-electron chi connectivity index (χ4n) is 2.58. The maximum atomic E-state index is 14.2. The minimum atomic E-state index is -0.338. The van der Waals surface area contributed by atoms with E-state index in [1.807, 2.05) is 21.0 Å². The highest BCUT2D eigenvalue weighted by Gasteiger charge is 2.24. The predicted octanol–water partition coefficient (Wildman–Crippen LogP) is 2.89. The first-order chi connectivity index (χ1) is 12.0. The van der Waals surface area contributed by atoms with Gasteiger partial charge in [0.25, 0.3) is 0 Å². The number of phenols is 1. The first kappa shape index (κ1) is 19.2. The van der Waals surface area contributed by atoms with Gasteiger partial charge in [0.15, 0.2) is 11.5 Å². The highest BCUT2D eigenvalue weighted by atomic mass is 35.5. The van der Waals surface area contributed by atoms with Gasteiger partial charge in [-0.25, -0.2) is 4.39 Å². The average Bonchev–Trinajstić information content (AvgIpc) is 2.56. The van der Waals surface area contributed by atoms with Gasteiger partial charge in [-0.05, 0) is 31.2 Å². The van der Waals surface area contributed by atoms with Crippen LogP contribution in [0.1, 0.15) is 24.1 Å². The molecule has 0 bridgehead atoms. The lowest BCUT2D eigenvalue weighted by molar-refractivity contribution is -0.890. The summed E-state index contributed by atoms with van der Waals surface area (Å²) < 4.78 is 19.6. The van der Waals surface area contributed by atoms with Crippen LogP contribution in [0.5, 0.6) is 11.5 Å². The Morgan fingerprint density at radius 1 is 1.28 bits per heavy atom. The lowest BCUT2D eigenvalue weighted by Crippen LogP contribution is -3.06. The summed E-state index contributed by atoms with van der Waals surface area (Å²) in [5, 5.41) is 10.6. The van der Waals surface area contributed by atoms with Gasteiger partial charge in [-0.1, -0.05) is 23.7 Å². The normalized spacial score (nSPS) is 12.7. The standard InChI is InChI=1S/C19H22ClFN2O2/c1-4-25-17-10-5-7-13(19(17)24)11-22-12-16(23(2)3)18-14(20)8-6-9-15(18)21/h5-11,16,24H,4,12H2,1-3H3/p+1/t16-/m0/s1. The van der Waals surface area contributed by atoms with Crippen molar-refractivity contribution in [2.45, 2.75) is 13.0 Å². The first-order valence-electron chi connectivity index (χ1n) is 8.14. The molecule has 0 aromatic heterocycles. The zero-order valence-corrected chi connectivity index (χ0v) is 15.3. The zero-order valence-electron chi connectivity index (χ0n) is 14.6. The van der Waals surface area contributed by atoms with E-state index in [0.29, 0.717) is 35.1 Å². The molecular formula is C19H23ClFN2O2+. The molecular weight excluding hydrogens is 343 g/mol. The fourth-order valence-corrected chi connectivity index (χ4v) is 2.87. The second-order valence-electron chi connectivity index (χ2n) is 5.89. The number of ether oxygens (including phenoxy) is 1. The number of halogens is 2. The molecule has 0 aliphatic rings. The Labute approximate surface area is 152 Å². The summed E-state index contributed by atoms with van der Waals surface area (Å²) in [5.41, 5.74) is 1.01. The number of nitrogens with one attached hydrogen (secondary N) is 1. The molecule has 2 rings (SSSR count). The number of rotatable bonds is 7. The van der Waals surface area contributed by atoms with E-state index < -0.39 is 0 Å². The first-order valence-corrected chi connectivity index (χ1v) is 8.52. The molecule has 0 aliphatic heterocycles. The van der Waals surface area contributed by atoms with E-state index in [4.69, 9.17) is 16.3 Å². The van der Waals surface area contributed by atoms with Gasteiger partial charge in [-0.3, -0.25) is 4.99 Å². The second-order valence-corrected chi connectivity index (χ2v) is 6.29. The average molecular weight is 366 g/mol. The number of quaternary nitrogens is 1. The van der Waals surface area contributed by atoms with Crippen LogP contribution >= 0.6 is 11.6 Å². The van der Waals surface area contributed by atoms with E-state index in [1.165, 1.54) is 6.07 Å². The number of hydrogen-bond donors (Lipinski definition) is 2. The van der Waals surface area contributed by atoms with Gasteiger partial charge in [0.1, 0.15) is 11.9 Å². The number of benzene rings is 2. The Balaban J connectivity index is 2.23. The summed E-state index contributed by atoms with van der Waals surface area (Å²) in [6, 6.07) is 9.66. The minimum absolute atomic E-state index is 0.0470. The van der Waals surface area contributed by atoms with E-state index in [2.05, 4.69) is 4.99 Å². The molecule has 1 atom stereocenters. The van der Waals surface area contributed by atoms with Gasteiger partial charge in [-0.2, -0.15) is 0 Å². The maximum absolute atomic E-state index is 14.2. The predicted molar refractivity (Wildman–Crippen MR) is 98.7 cm³/mol. The van der Waals surface area contributed by atoms with Crippen molar-refractivity contribution in [3.8, 4) is 11.5 Å². The van der Waals surface area contributed by atoms with Gasteiger partial charge in [0.05, 0.1) is 37.8 Å². The molecule has 0 radical (unpaired) electrons. The molecule has 0 amide bonds. The summed E-state index contributed by atoms with van der Waals surface area (Å²) in [6.45, 7) is 2.65. The van der Waals surface area contributed by atoms with Crippen molar-refractivity contribution in [2.24, 2.45) is 4.99 Å². The third kappa shape index (κ3) is 4.71. The van der Waals surface area contributed by atoms with Crippen LogP contribution in [0.2, 0.25) is 5.02 Å². The lowest BCUT2D eigenvalue weighted by Gasteiger charge is -2.21. The number of aliphatic imine (C=N–C) groups is 1. The van der Waals surface area contributed by atoms with Crippen LogP contribution in [0, 0.1) is 5.82 Å². The topological polar surface area (TPSA) is 46.3 Å². The molecule has 0 saturated carbocycles. The van der Waals surface area contributed by atoms with Gasteiger partial charge in [0, 0.05) is 11.8 Å². The van der Waals surface area contributed by atoms with Crippen molar-refractivity contribution in [1.82, 2.24) is 0 Å². The molecule has 2 aromatic carbocycles. The molecule has 0 spiro atoms. The molecule has 0 aliphatic carbocycles. The van der Waals surface area contributed by atoms with Crippen molar-refractivity contribution in [3.05, 3.63) is 58.4 Å². The van der Waals surface area contributed by atoms with E-state index in [0.717, 1.165) is 4.90 Å². The molecule has 2 aromatic rings. The number of likely N-dealkylation sites (N-methyl/N-ethyl adjacent to an activating group) is 1. The van der Waals surface area contributed by atoms with Crippen LogP contribution in [0.3, 0.4) is 0 Å². The van der Waals surface area contributed by atoms with Crippen molar-refractivity contribution >= 4 is 17.8 Å². The van der Waals surface area contributed by atoms with Crippen molar-refractivity contribution in [3.63, 3.8) is 0 Å². The third-order valence-corrected chi connectivity index (χ3v) is 4.22. The zero-order chi connectivity index (χ0) is 18.4. The van der Waals surface area contributed by atoms with Crippen LogP contribution in [-0.2, 0) is 0 Å². The molecule has 0 saturated heterocycles. The summed E-state index contributed by atoms with van der Waals surface area (Å²) in [4.78, 5) is 5.41. The summed E-state index contributed by atoms with van der Waals surface area (Å²) in [5.74, 6) is 0.124. The van der Waals surface area contributed by atoms with Crippen LogP contribution in [-0.4, -0.2) is 38.6 Å². The largest absolute Gasteiger partial charge is 0.504 e. The Morgan fingerprint density at radius 2 is 2.00 bits per heavy atom. The molecule has 0 heterocycles. The van der Waals surface area contributed by atoms with E-state index in [-0.39, 0.29) is 17.6 Å². The van der Waals surface area contributed by atoms with Crippen molar-refractivity contribution < 1.29 is 19.1 Å². The molecule has 0 fully saturated rings. The molecule has 0 unspecified atom stereocenters. The van der Waals surface area contributed by atoms with Crippen LogP contribution in [0.25, 0.3) is 0 Å². The summed E-state index contributed by atoms with van der Waals surface area (Å²) in [6.07, 6.45) is 1.57. The fraction of sp³-hybridized carbons (Fsp3) is 0.316. The highest BCUT2D eigenvalue weighted by Crippen LogP contribution is 2.29. The van der Waals surface area contributed by atoms with Gasteiger partial charge in [-0.15, -0.1) is 0 Å². The molecule has 2 N–H and O–H groups in total. The lowest BCUT2D eigenvalue weighted by atomic mass is 10.1. The third-order valence-electron chi connectivity index (χ3n) is 3.89. The minimum Gasteiger partial charge on any atom is -0.504 e. The van der Waals surface area contributed by atoms with E-state index in [1.54, 1.807) is 36.5 Å². The second kappa shape index (κ2) is 8.83. The number of hydrogen-bond acceptors (Lipinski definition) is 3. The maximum Gasteiger partial charge on any atom is 0.166 e. The van der Waals surface area contributed by atoms with Gasteiger partial charge >= 0.3 is 0 Å². The summed E-state index contributed by atoms with van der Waals surface area (Å²) in [7, 11) is 3.85. The van der Waals surface area contributed by atoms with E-state index in [9.17, 15) is 9.50 Å². The monoisotopic (exact) mass is 365 g/mol. The van der Waals surface area contributed by atoms with Crippen LogP contribution in [0.15, 0.2) is 41.4 Å². The Bertz CT molecular complexity index is 730. The SMILES string of the molecule is CCOc1cccc(C=NC[C@@H](c2c(F)cccc2Cl)[NH+](C)C)c1O. The van der Waals surface area contributed by atoms with Gasteiger partial charge in [0.2, 0.25) is 0 Å². The molecule has 4 nitrogen and oxygen atoms in total. The quantitative estimate of drug-likeness (QED) is 0.741. The summed E-state index contributed by atoms with van der Waals surface area (Å²) >= 11 is 6.18. The number of aromatic hydroxyl groups is 1. The smallest absolute Gasteiger partial charge is 0.166 e. The Kier molecular flexibility index (Phi) is 6.79. The van der Waals surface area contributed by atoms with E-state index >= 15 is 0 Å². The van der Waals surface area contributed by atoms with Crippen molar-refractivity contribution in [1.29, 1.82) is 0 Å². The molecule has 6 heteroatoms. The molecule has 25 heavy (non-hydrogen) atoms. The van der Waals surface area contributed by atoms with Crippen LogP contribution < -0.4 is 9.64 Å². The van der Waals surface area contributed by atoms with Crippen LogP contribution in [0.4, 0.5) is 4.39 Å². The van der Waals surface area contributed by atoms with Gasteiger partial charge < -0.3 is 14.7 Å². The van der Waals surface area contributed by atoms with Crippen molar-refractivity contribution in [2.75, 3.05) is 27.2 Å². The Morgan fingerprint density at radius 3 is 2.64 bits per heavy atom. The number of phenolic OH excluding ortho intramolecular Hbond substituents is 1. The Hall–Kier alpha value is -2.11. The highest BCUT2D eigenvalue weighted by molar-refractivity contribution is 6.31. The molecule has 134 valence electrons.